The number of rotatable bonds is 3. The molecular formula is C29H30FN3O3S. The third-order valence-corrected chi connectivity index (χ3v) is 8.86. The van der Waals surface area contributed by atoms with Gasteiger partial charge in [-0.15, -0.1) is 11.3 Å². The number of hydrogen-bond acceptors (Lipinski definition) is 7. The second-order valence-electron chi connectivity index (χ2n) is 10.8. The van der Waals surface area contributed by atoms with Crippen LogP contribution in [0.3, 0.4) is 0 Å². The quantitative estimate of drug-likeness (QED) is 0.402. The number of esters is 1. The summed E-state index contributed by atoms with van der Waals surface area (Å²) in [7, 11) is 1.37. The lowest BCUT2D eigenvalue weighted by atomic mass is 9.68. The van der Waals surface area contributed by atoms with Crippen LogP contribution in [0.25, 0.3) is 0 Å². The van der Waals surface area contributed by atoms with E-state index < -0.39 is 17.7 Å². The van der Waals surface area contributed by atoms with Crippen molar-refractivity contribution in [2.45, 2.75) is 64.7 Å². The number of halogens is 1. The molecule has 1 aliphatic heterocycles. The molecule has 2 aliphatic carbocycles. The molecule has 0 spiro atoms. The third-order valence-electron chi connectivity index (χ3n) is 7.58. The first-order valence-electron chi connectivity index (χ1n) is 12.6. The Kier molecular flexibility index (Phi) is 6.45. The molecule has 2 aromatic rings. The van der Waals surface area contributed by atoms with Gasteiger partial charge in [0.1, 0.15) is 16.6 Å². The molecule has 1 atom stereocenters. The summed E-state index contributed by atoms with van der Waals surface area (Å²) in [6, 6.07) is 8.11. The Balaban J connectivity index is 1.80. The van der Waals surface area contributed by atoms with E-state index in [4.69, 9.17) is 10.5 Å². The predicted octanol–water partition coefficient (Wildman–Crippen LogP) is 5.88. The van der Waals surface area contributed by atoms with Gasteiger partial charge in [-0.3, -0.25) is 9.69 Å². The van der Waals surface area contributed by atoms with Gasteiger partial charge in [-0.05, 0) is 60.8 Å². The number of Topliss-reactive ketones (excluding diaryl/α,β-unsaturated/α-hetero) is 1. The zero-order valence-electron chi connectivity index (χ0n) is 21.3. The number of fused-ring (bicyclic) bond motifs is 1. The average Bonchev–Trinajstić information content (AvgIpc) is 3.04. The van der Waals surface area contributed by atoms with E-state index in [0.717, 1.165) is 42.5 Å². The average molecular weight is 520 g/mol. The van der Waals surface area contributed by atoms with Gasteiger partial charge in [0.05, 0.1) is 30.2 Å². The minimum atomic E-state index is -0.695. The molecule has 2 heterocycles. The molecule has 0 bridgehead atoms. The van der Waals surface area contributed by atoms with Crippen LogP contribution in [0.1, 0.15) is 78.2 Å². The minimum absolute atomic E-state index is 0.0661. The first-order chi connectivity index (χ1) is 17.7. The molecule has 3 aliphatic rings. The maximum Gasteiger partial charge on any atom is 0.341 e. The van der Waals surface area contributed by atoms with Crippen molar-refractivity contribution in [1.82, 2.24) is 0 Å². The van der Waals surface area contributed by atoms with E-state index in [-0.39, 0.29) is 22.6 Å². The summed E-state index contributed by atoms with van der Waals surface area (Å²) in [5.74, 6) is -1.40. The Morgan fingerprint density at radius 3 is 2.57 bits per heavy atom. The molecule has 0 unspecified atom stereocenters. The molecule has 5 rings (SSSR count). The summed E-state index contributed by atoms with van der Waals surface area (Å²) in [5.41, 5.74) is 9.96. The van der Waals surface area contributed by atoms with Crippen molar-refractivity contribution >= 4 is 28.1 Å². The Morgan fingerprint density at radius 2 is 1.89 bits per heavy atom. The largest absolute Gasteiger partial charge is 0.465 e. The number of methoxy groups -OCH3 is 1. The minimum Gasteiger partial charge on any atom is -0.465 e. The van der Waals surface area contributed by atoms with Crippen molar-refractivity contribution in [1.29, 1.82) is 5.26 Å². The lowest BCUT2D eigenvalue weighted by Gasteiger charge is -2.43. The number of nitriles is 1. The van der Waals surface area contributed by atoms with Gasteiger partial charge in [-0.25, -0.2) is 9.18 Å². The fourth-order valence-electron chi connectivity index (χ4n) is 5.93. The molecule has 0 saturated heterocycles. The van der Waals surface area contributed by atoms with Gasteiger partial charge in [0.2, 0.25) is 0 Å². The molecule has 37 heavy (non-hydrogen) atoms. The molecule has 0 fully saturated rings. The highest BCUT2D eigenvalue weighted by atomic mass is 32.1. The molecule has 0 amide bonds. The van der Waals surface area contributed by atoms with Crippen LogP contribution in [0.4, 0.5) is 9.39 Å². The summed E-state index contributed by atoms with van der Waals surface area (Å²) in [4.78, 5) is 29.8. The number of ether oxygens (including phenoxy) is 1. The number of nitrogens with two attached hydrogens (primary N) is 1. The summed E-state index contributed by atoms with van der Waals surface area (Å²) >= 11 is 1.50. The lowest BCUT2D eigenvalue weighted by molar-refractivity contribution is -0.118. The maximum atomic E-state index is 13.8. The molecule has 8 heteroatoms. The van der Waals surface area contributed by atoms with Crippen LogP contribution in [0, 0.1) is 22.6 Å². The fraction of sp³-hybridized carbons (Fsp3) is 0.414. The molecular weight excluding hydrogens is 489 g/mol. The van der Waals surface area contributed by atoms with Crippen molar-refractivity contribution in [3.8, 4) is 6.07 Å². The number of thiophene rings is 1. The molecule has 192 valence electrons. The van der Waals surface area contributed by atoms with Gasteiger partial charge in [0.15, 0.2) is 5.78 Å². The molecule has 2 N–H and O–H groups in total. The Bertz CT molecular complexity index is 1390. The summed E-state index contributed by atoms with van der Waals surface area (Å²) in [6.07, 6.45) is 5.60. The van der Waals surface area contributed by atoms with Gasteiger partial charge in [0, 0.05) is 22.6 Å². The first-order valence-corrected chi connectivity index (χ1v) is 13.4. The number of aryl methyl sites for hydroxylation is 1. The number of allylic oxidation sites excluding steroid dienone is 3. The SMILES string of the molecule is COC(=O)c1c(N2C(N)=C(C#N)[C@@H](c3ccc(F)cc3)C3=C2CC(C)(C)CC3=O)sc2c1CCCCC2. The van der Waals surface area contributed by atoms with E-state index in [1.54, 1.807) is 17.0 Å². The van der Waals surface area contributed by atoms with Gasteiger partial charge >= 0.3 is 5.97 Å². The number of anilines is 1. The van der Waals surface area contributed by atoms with Gasteiger partial charge in [0.25, 0.3) is 0 Å². The Labute approximate surface area is 220 Å². The van der Waals surface area contributed by atoms with Crippen LogP contribution in [-0.2, 0) is 22.4 Å². The highest BCUT2D eigenvalue weighted by Gasteiger charge is 2.46. The van der Waals surface area contributed by atoms with Gasteiger partial charge in [-0.1, -0.05) is 32.4 Å². The van der Waals surface area contributed by atoms with Gasteiger partial charge in [-0.2, -0.15) is 5.26 Å². The van der Waals surface area contributed by atoms with Crippen LogP contribution in [0.15, 0.2) is 46.9 Å². The molecule has 6 nitrogen and oxygen atoms in total. The van der Waals surface area contributed by atoms with E-state index in [0.29, 0.717) is 40.2 Å². The number of carbonyl (C=O) groups excluding carboxylic acids is 2. The van der Waals surface area contributed by atoms with Crippen molar-refractivity contribution in [3.05, 3.63) is 74.3 Å². The van der Waals surface area contributed by atoms with E-state index in [2.05, 4.69) is 6.07 Å². The van der Waals surface area contributed by atoms with E-state index in [9.17, 15) is 19.2 Å². The van der Waals surface area contributed by atoms with Crippen LogP contribution in [-0.4, -0.2) is 18.9 Å². The zero-order chi connectivity index (χ0) is 26.5. The maximum absolute atomic E-state index is 13.8. The predicted molar refractivity (Wildman–Crippen MR) is 140 cm³/mol. The number of benzene rings is 1. The number of ketones is 1. The second-order valence-corrected chi connectivity index (χ2v) is 11.9. The normalized spacial score (nSPS) is 21.2. The number of carbonyl (C=O) groups is 2. The van der Waals surface area contributed by atoms with Crippen molar-refractivity contribution in [2.75, 3.05) is 12.0 Å². The summed E-state index contributed by atoms with van der Waals surface area (Å²) in [6.45, 7) is 4.06. The molecule has 0 radical (unpaired) electrons. The van der Waals surface area contributed by atoms with Crippen molar-refractivity contribution < 1.29 is 18.7 Å². The monoisotopic (exact) mass is 519 g/mol. The summed E-state index contributed by atoms with van der Waals surface area (Å²) < 4.78 is 19.0. The van der Waals surface area contributed by atoms with Crippen LogP contribution < -0.4 is 10.6 Å². The third kappa shape index (κ3) is 4.25. The second kappa shape index (κ2) is 9.46. The smallest absolute Gasteiger partial charge is 0.341 e. The van der Waals surface area contributed by atoms with E-state index in [1.807, 2.05) is 13.8 Å². The highest BCUT2D eigenvalue weighted by Crippen LogP contribution is 2.52. The molecule has 0 saturated carbocycles. The topological polar surface area (TPSA) is 96.4 Å². The number of nitrogens with zero attached hydrogens (tertiary/aromatic N) is 2. The highest BCUT2D eigenvalue weighted by molar-refractivity contribution is 7.16. The molecule has 1 aromatic heterocycles. The van der Waals surface area contributed by atoms with E-state index in [1.165, 1.54) is 30.6 Å². The van der Waals surface area contributed by atoms with Crippen LogP contribution in [0.5, 0.6) is 0 Å². The van der Waals surface area contributed by atoms with Crippen LogP contribution >= 0.6 is 11.3 Å². The van der Waals surface area contributed by atoms with E-state index >= 15 is 0 Å². The Morgan fingerprint density at radius 1 is 1.19 bits per heavy atom. The number of hydrogen-bond donors (Lipinski definition) is 1. The lowest BCUT2D eigenvalue weighted by Crippen LogP contribution is -2.42. The zero-order valence-corrected chi connectivity index (χ0v) is 22.1. The molecule has 1 aromatic carbocycles. The van der Waals surface area contributed by atoms with Crippen LogP contribution in [0.2, 0.25) is 0 Å². The van der Waals surface area contributed by atoms with Crippen molar-refractivity contribution in [3.63, 3.8) is 0 Å². The standard InChI is InChI=1S/C29H30FN3O3S/c1-29(2)13-20-25(21(34)14-29)23(16-9-11-17(30)12-10-16)19(15-31)26(32)33(20)27-24(28(35)36-3)18-7-5-4-6-8-22(18)37-27/h9-12,23H,4-8,13-14,32H2,1-3H3/t23-/m1/s1. The fourth-order valence-corrected chi connectivity index (χ4v) is 7.34. The van der Waals surface area contributed by atoms with Crippen molar-refractivity contribution in [2.24, 2.45) is 11.1 Å². The van der Waals surface area contributed by atoms with Gasteiger partial charge < -0.3 is 10.5 Å². The first kappa shape index (κ1) is 25.2. The Hall–Kier alpha value is -3.44. The summed E-state index contributed by atoms with van der Waals surface area (Å²) in [5, 5.41) is 10.9.